The number of nitrogens with one attached hydrogen (secondary N) is 3. The summed E-state index contributed by atoms with van der Waals surface area (Å²) in [6.07, 6.45) is -4.43. The Morgan fingerprint density at radius 2 is 1.73 bits per heavy atom. The molecule has 3 aromatic carbocycles. The lowest BCUT2D eigenvalue weighted by Gasteiger charge is -2.28. The third-order valence-electron chi connectivity index (χ3n) is 6.64. The number of rotatable bonds is 9. The zero-order valence-corrected chi connectivity index (χ0v) is 23.9. The molecule has 1 unspecified atom stereocenters. The van der Waals surface area contributed by atoms with E-state index in [4.69, 9.17) is 4.74 Å². The van der Waals surface area contributed by atoms with Gasteiger partial charge in [-0.1, -0.05) is 48.5 Å². The van der Waals surface area contributed by atoms with Crippen molar-refractivity contribution in [3.63, 3.8) is 0 Å². The Morgan fingerprint density at radius 3 is 2.41 bits per heavy atom. The monoisotopic (exact) mass is 589 g/mol. The van der Waals surface area contributed by atoms with Gasteiger partial charge in [-0.25, -0.2) is 13.1 Å². The SMILES string of the molecule is CC(C)(C)NCc1ccc2c(c1)OCC[C@H]2NC(=O)CC(NS(=O)(=O)c1cccc(C(F)(F)F)c1)c1ccccc1. The lowest BCUT2D eigenvalue weighted by molar-refractivity contribution is -0.137. The van der Waals surface area contributed by atoms with E-state index in [0.29, 0.717) is 37.0 Å². The molecular weight excluding hydrogens is 555 g/mol. The van der Waals surface area contributed by atoms with Gasteiger partial charge in [0.2, 0.25) is 15.9 Å². The Hall–Kier alpha value is -3.41. The predicted octanol–water partition coefficient (Wildman–Crippen LogP) is 5.64. The van der Waals surface area contributed by atoms with Gasteiger partial charge in [0.15, 0.2) is 0 Å². The highest BCUT2D eigenvalue weighted by Gasteiger charge is 2.33. The van der Waals surface area contributed by atoms with Crippen LogP contribution in [-0.4, -0.2) is 26.5 Å². The summed E-state index contributed by atoms with van der Waals surface area (Å²) >= 11 is 0. The summed E-state index contributed by atoms with van der Waals surface area (Å²) in [6, 6.07) is 16.4. The number of carbonyl (C=O) groups is 1. The Kier molecular flexibility index (Phi) is 9.10. The number of fused-ring (bicyclic) bond motifs is 1. The van der Waals surface area contributed by atoms with Crippen molar-refractivity contribution in [3.8, 4) is 5.75 Å². The predicted molar refractivity (Wildman–Crippen MR) is 150 cm³/mol. The van der Waals surface area contributed by atoms with Gasteiger partial charge in [-0.3, -0.25) is 4.79 Å². The van der Waals surface area contributed by atoms with E-state index in [9.17, 15) is 26.4 Å². The van der Waals surface area contributed by atoms with Crippen LogP contribution in [0.2, 0.25) is 0 Å². The van der Waals surface area contributed by atoms with Crippen LogP contribution in [0, 0.1) is 0 Å². The number of benzene rings is 3. The van der Waals surface area contributed by atoms with E-state index in [1.165, 1.54) is 0 Å². The van der Waals surface area contributed by atoms with Crippen molar-refractivity contribution in [1.82, 2.24) is 15.4 Å². The van der Waals surface area contributed by atoms with Crippen LogP contribution < -0.4 is 20.1 Å². The lowest BCUT2D eigenvalue weighted by Crippen LogP contribution is -2.37. The standard InChI is InChI=1S/C30H34F3N3O4S/c1-29(2,3)34-19-20-12-13-24-25(14-15-40-27(24)16-20)35-28(37)18-26(21-8-5-4-6-9-21)36-41(38,39)23-11-7-10-22(17-23)30(31,32)33/h4-13,16-17,25-26,34,36H,14-15,18-19H2,1-3H3,(H,35,37)/t25-,26?/m1/s1. The van der Waals surface area contributed by atoms with Crippen LogP contribution in [0.1, 0.15) is 68.0 Å². The molecule has 2 atom stereocenters. The zero-order valence-electron chi connectivity index (χ0n) is 23.1. The summed E-state index contributed by atoms with van der Waals surface area (Å²) in [4.78, 5) is 12.7. The highest BCUT2D eigenvalue weighted by Crippen LogP contribution is 2.34. The van der Waals surface area contributed by atoms with Gasteiger partial charge >= 0.3 is 6.18 Å². The summed E-state index contributed by atoms with van der Waals surface area (Å²) in [5.41, 5.74) is 1.24. The highest BCUT2D eigenvalue weighted by atomic mass is 32.2. The molecular formula is C30H34F3N3O4S. The van der Waals surface area contributed by atoms with Crippen LogP contribution in [-0.2, 0) is 27.5 Å². The smallest absolute Gasteiger partial charge is 0.416 e. The van der Waals surface area contributed by atoms with Gasteiger partial charge < -0.3 is 15.4 Å². The average molecular weight is 590 g/mol. The summed E-state index contributed by atoms with van der Waals surface area (Å²) in [6.45, 7) is 7.29. The summed E-state index contributed by atoms with van der Waals surface area (Å²) < 4.78 is 74.2. The molecule has 220 valence electrons. The van der Waals surface area contributed by atoms with Crippen LogP contribution in [0.15, 0.2) is 77.7 Å². The maximum absolute atomic E-state index is 13.2. The molecule has 0 radical (unpaired) electrons. The van der Waals surface area contributed by atoms with Crippen molar-refractivity contribution in [2.75, 3.05) is 6.61 Å². The van der Waals surface area contributed by atoms with E-state index in [0.717, 1.165) is 29.3 Å². The van der Waals surface area contributed by atoms with Gasteiger partial charge in [0, 0.05) is 30.5 Å². The number of ether oxygens (including phenoxy) is 1. The highest BCUT2D eigenvalue weighted by molar-refractivity contribution is 7.89. The molecule has 0 spiro atoms. The van der Waals surface area contributed by atoms with E-state index < -0.39 is 38.6 Å². The topological polar surface area (TPSA) is 96.5 Å². The second-order valence-electron chi connectivity index (χ2n) is 11.0. The number of alkyl halides is 3. The number of hydrogen-bond acceptors (Lipinski definition) is 5. The van der Waals surface area contributed by atoms with E-state index in [-0.39, 0.29) is 18.0 Å². The quantitative estimate of drug-likeness (QED) is 0.300. The van der Waals surface area contributed by atoms with Crippen molar-refractivity contribution in [3.05, 3.63) is 95.1 Å². The molecule has 0 saturated carbocycles. The largest absolute Gasteiger partial charge is 0.493 e. The molecule has 11 heteroatoms. The maximum Gasteiger partial charge on any atom is 0.416 e. The third kappa shape index (κ3) is 8.31. The van der Waals surface area contributed by atoms with Crippen LogP contribution in [0.3, 0.4) is 0 Å². The molecule has 0 saturated heterocycles. The average Bonchev–Trinajstić information content (AvgIpc) is 2.91. The molecule has 0 aliphatic carbocycles. The number of halogens is 3. The van der Waals surface area contributed by atoms with Crippen LogP contribution >= 0.6 is 0 Å². The normalized spacial score (nSPS) is 16.4. The van der Waals surface area contributed by atoms with Crippen molar-refractivity contribution in [2.45, 2.75) is 68.9 Å². The molecule has 1 aliphatic heterocycles. The fraction of sp³-hybridized carbons (Fsp3) is 0.367. The van der Waals surface area contributed by atoms with Crippen LogP contribution in [0.5, 0.6) is 5.75 Å². The first kappa shape index (κ1) is 30.5. The van der Waals surface area contributed by atoms with Crippen molar-refractivity contribution >= 4 is 15.9 Å². The van der Waals surface area contributed by atoms with Crippen molar-refractivity contribution in [2.24, 2.45) is 0 Å². The van der Waals surface area contributed by atoms with Gasteiger partial charge in [0.1, 0.15) is 5.75 Å². The summed E-state index contributed by atoms with van der Waals surface area (Å²) in [7, 11) is -4.39. The van der Waals surface area contributed by atoms with Gasteiger partial charge in [-0.15, -0.1) is 0 Å². The molecule has 1 heterocycles. The molecule has 1 amide bonds. The number of sulfonamides is 1. The first-order valence-electron chi connectivity index (χ1n) is 13.3. The van der Waals surface area contributed by atoms with Crippen LogP contribution in [0.4, 0.5) is 13.2 Å². The molecule has 4 rings (SSSR count). The Labute approximate surface area is 238 Å². The number of carbonyl (C=O) groups excluding carboxylic acids is 1. The zero-order chi connectivity index (χ0) is 29.8. The second kappa shape index (κ2) is 12.2. The van der Waals surface area contributed by atoms with E-state index in [1.807, 2.05) is 18.2 Å². The molecule has 1 aliphatic rings. The molecule has 3 aromatic rings. The van der Waals surface area contributed by atoms with E-state index in [1.54, 1.807) is 30.3 Å². The van der Waals surface area contributed by atoms with Gasteiger partial charge in [-0.2, -0.15) is 13.2 Å². The minimum Gasteiger partial charge on any atom is -0.493 e. The van der Waals surface area contributed by atoms with E-state index >= 15 is 0 Å². The first-order valence-corrected chi connectivity index (χ1v) is 14.7. The second-order valence-corrected chi connectivity index (χ2v) is 12.8. The maximum atomic E-state index is 13.2. The molecule has 0 bridgehead atoms. The number of hydrogen-bond donors (Lipinski definition) is 3. The Morgan fingerprint density at radius 1 is 1.00 bits per heavy atom. The van der Waals surface area contributed by atoms with Gasteiger partial charge in [0.05, 0.1) is 29.1 Å². The Balaban J connectivity index is 1.51. The Bertz CT molecular complexity index is 1470. The van der Waals surface area contributed by atoms with Gasteiger partial charge in [0.25, 0.3) is 0 Å². The van der Waals surface area contributed by atoms with Gasteiger partial charge in [-0.05, 0) is 56.2 Å². The minimum atomic E-state index is -4.70. The fourth-order valence-electron chi connectivity index (χ4n) is 4.51. The molecule has 41 heavy (non-hydrogen) atoms. The summed E-state index contributed by atoms with van der Waals surface area (Å²) in [5.74, 6) is 0.265. The number of amides is 1. The first-order chi connectivity index (χ1) is 19.2. The molecule has 0 aromatic heterocycles. The van der Waals surface area contributed by atoms with Crippen LogP contribution in [0.25, 0.3) is 0 Å². The summed E-state index contributed by atoms with van der Waals surface area (Å²) in [5, 5.41) is 6.42. The van der Waals surface area contributed by atoms with Crippen molar-refractivity contribution < 1.29 is 31.1 Å². The molecule has 3 N–H and O–H groups in total. The van der Waals surface area contributed by atoms with E-state index in [2.05, 4.69) is 36.1 Å². The third-order valence-corrected chi connectivity index (χ3v) is 8.11. The molecule has 0 fully saturated rings. The fourth-order valence-corrected chi connectivity index (χ4v) is 5.78. The molecule has 7 nitrogen and oxygen atoms in total. The minimum absolute atomic E-state index is 0.0504. The lowest BCUT2D eigenvalue weighted by atomic mass is 9.97. The van der Waals surface area contributed by atoms with Crippen molar-refractivity contribution in [1.29, 1.82) is 0 Å².